The summed E-state index contributed by atoms with van der Waals surface area (Å²) in [6, 6.07) is -0.204. The number of sulfone groups is 1. The first-order valence-electron chi connectivity index (χ1n) is 9.26. The second kappa shape index (κ2) is 7.54. The zero-order chi connectivity index (χ0) is 18.9. The highest BCUT2D eigenvalue weighted by atomic mass is 32.2. The van der Waals surface area contributed by atoms with Crippen molar-refractivity contribution in [2.75, 3.05) is 18.1 Å². The van der Waals surface area contributed by atoms with Crippen molar-refractivity contribution in [2.45, 2.75) is 63.6 Å². The predicted molar refractivity (Wildman–Crippen MR) is 92.8 cm³/mol. The molecule has 3 aliphatic rings. The molecule has 9 heteroatoms. The summed E-state index contributed by atoms with van der Waals surface area (Å²) in [5, 5.41) is 2.62. The number of hydrogen-bond acceptors (Lipinski definition) is 6. The molecule has 3 rings (SSSR count). The fourth-order valence-electron chi connectivity index (χ4n) is 4.01. The summed E-state index contributed by atoms with van der Waals surface area (Å²) in [6.45, 7) is 1.82. The van der Waals surface area contributed by atoms with Crippen LogP contribution in [0, 0.1) is 5.92 Å². The number of rotatable bonds is 5. The molecule has 0 spiro atoms. The Bertz CT molecular complexity index is 685. The van der Waals surface area contributed by atoms with Crippen LogP contribution in [0.2, 0.25) is 0 Å². The molecule has 0 aromatic carbocycles. The minimum atomic E-state index is -3.09. The fourth-order valence-corrected chi connectivity index (χ4v) is 5.68. The highest BCUT2D eigenvalue weighted by Gasteiger charge is 2.40. The Morgan fingerprint density at radius 3 is 2.54 bits per heavy atom. The van der Waals surface area contributed by atoms with Gasteiger partial charge in [0.2, 0.25) is 5.91 Å². The molecule has 3 atom stereocenters. The smallest absolute Gasteiger partial charge is 0.312 e. The van der Waals surface area contributed by atoms with E-state index in [0.29, 0.717) is 13.0 Å². The number of amides is 2. The summed E-state index contributed by atoms with van der Waals surface area (Å²) in [4.78, 5) is 38.4. The molecule has 1 saturated carbocycles. The Morgan fingerprint density at radius 1 is 1.23 bits per heavy atom. The maximum absolute atomic E-state index is 12.3. The number of ether oxygens (including phenoxy) is 1. The van der Waals surface area contributed by atoms with Crippen LogP contribution in [-0.2, 0) is 29.0 Å². The van der Waals surface area contributed by atoms with Gasteiger partial charge in [-0.15, -0.1) is 0 Å². The first-order chi connectivity index (χ1) is 12.2. The van der Waals surface area contributed by atoms with Crippen LogP contribution >= 0.6 is 0 Å². The van der Waals surface area contributed by atoms with Gasteiger partial charge in [-0.05, 0) is 26.2 Å². The second-order valence-corrected chi connectivity index (χ2v) is 9.80. The first-order valence-corrected chi connectivity index (χ1v) is 11.1. The van der Waals surface area contributed by atoms with E-state index in [1.807, 2.05) is 0 Å². The summed E-state index contributed by atoms with van der Waals surface area (Å²) in [7, 11) is -3.09. The van der Waals surface area contributed by atoms with Gasteiger partial charge in [-0.3, -0.25) is 14.4 Å². The Hall–Kier alpha value is -1.64. The maximum atomic E-state index is 12.3. The monoisotopic (exact) mass is 386 g/mol. The molecule has 146 valence electrons. The zero-order valence-corrected chi connectivity index (χ0v) is 15.8. The highest BCUT2D eigenvalue weighted by Crippen LogP contribution is 2.30. The van der Waals surface area contributed by atoms with Crippen LogP contribution in [0.5, 0.6) is 0 Å². The van der Waals surface area contributed by atoms with Crippen molar-refractivity contribution in [1.29, 1.82) is 0 Å². The molecule has 2 saturated heterocycles. The van der Waals surface area contributed by atoms with Gasteiger partial charge in [-0.25, -0.2) is 8.42 Å². The molecule has 2 heterocycles. The van der Waals surface area contributed by atoms with Gasteiger partial charge < -0.3 is 15.0 Å². The SMILES string of the molecule is C[C@@H](OC(=O)[C@@H]1CC(=O)N(C2CCCC2)C1)C(=O)N[C@H]1CCS(=O)(=O)C1. The van der Waals surface area contributed by atoms with E-state index < -0.39 is 39.8 Å². The number of esters is 1. The lowest BCUT2D eigenvalue weighted by atomic mass is 10.1. The molecule has 1 aliphatic carbocycles. The van der Waals surface area contributed by atoms with Gasteiger partial charge in [0.05, 0.1) is 17.4 Å². The summed E-state index contributed by atoms with van der Waals surface area (Å²) in [6.07, 6.45) is 3.68. The quantitative estimate of drug-likeness (QED) is 0.667. The average Bonchev–Trinajstić information content (AvgIpc) is 3.27. The Balaban J connectivity index is 1.48. The third kappa shape index (κ3) is 4.36. The average molecular weight is 386 g/mol. The number of nitrogens with zero attached hydrogens (tertiary/aromatic N) is 1. The topological polar surface area (TPSA) is 110 Å². The summed E-state index contributed by atoms with van der Waals surface area (Å²) < 4.78 is 28.1. The molecule has 0 unspecified atom stereocenters. The van der Waals surface area contributed by atoms with Gasteiger partial charge in [-0.2, -0.15) is 0 Å². The Labute approximate surface area is 153 Å². The van der Waals surface area contributed by atoms with E-state index in [2.05, 4.69) is 5.32 Å². The Morgan fingerprint density at radius 2 is 1.92 bits per heavy atom. The summed E-state index contributed by atoms with van der Waals surface area (Å²) in [5.74, 6) is -1.62. The molecule has 2 aliphatic heterocycles. The minimum Gasteiger partial charge on any atom is -0.452 e. The fraction of sp³-hybridized carbons (Fsp3) is 0.824. The predicted octanol–water partition coefficient (Wildman–Crippen LogP) is 0.0125. The molecular formula is C17H26N2O6S. The van der Waals surface area contributed by atoms with Crippen LogP contribution in [0.4, 0.5) is 0 Å². The van der Waals surface area contributed by atoms with Gasteiger partial charge >= 0.3 is 5.97 Å². The van der Waals surface area contributed by atoms with E-state index in [9.17, 15) is 22.8 Å². The normalized spacial score (nSPS) is 29.7. The molecule has 0 aromatic rings. The molecule has 1 N–H and O–H groups in total. The number of carbonyl (C=O) groups is 3. The van der Waals surface area contributed by atoms with Crippen molar-refractivity contribution in [3.05, 3.63) is 0 Å². The largest absolute Gasteiger partial charge is 0.452 e. The molecule has 2 amide bonds. The van der Waals surface area contributed by atoms with E-state index in [0.717, 1.165) is 25.7 Å². The third-order valence-electron chi connectivity index (χ3n) is 5.50. The van der Waals surface area contributed by atoms with Crippen molar-refractivity contribution in [1.82, 2.24) is 10.2 Å². The van der Waals surface area contributed by atoms with E-state index in [1.165, 1.54) is 6.92 Å². The Kier molecular flexibility index (Phi) is 5.55. The maximum Gasteiger partial charge on any atom is 0.312 e. The lowest BCUT2D eigenvalue weighted by Crippen LogP contribution is -2.43. The minimum absolute atomic E-state index is 0.0212. The molecule has 3 fully saturated rings. The van der Waals surface area contributed by atoms with E-state index in [-0.39, 0.29) is 29.9 Å². The van der Waals surface area contributed by atoms with Gasteiger partial charge in [-0.1, -0.05) is 12.8 Å². The number of likely N-dealkylation sites (tertiary alicyclic amines) is 1. The lowest BCUT2D eigenvalue weighted by Gasteiger charge is -2.24. The van der Waals surface area contributed by atoms with Crippen LogP contribution in [0.1, 0.15) is 45.4 Å². The van der Waals surface area contributed by atoms with Crippen molar-refractivity contribution in [2.24, 2.45) is 5.92 Å². The molecule has 8 nitrogen and oxygen atoms in total. The summed E-state index contributed by atoms with van der Waals surface area (Å²) in [5.41, 5.74) is 0. The van der Waals surface area contributed by atoms with Crippen LogP contribution in [0.25, 0.3) is 0 Å². The second-order valence-electron chi connectivity index (χ2n) is 7.57. The van der Waals surface area contributed by atoms with Gasteiger partial charge in [0.1, 0.15) is 0 Å². The van der Waals surface area contributed by atoms with Crippen LogP contribution in [0.3, 0.4) is 0 Å². The lowest BCUT2D eigenvalue weighted by molar-refractivity contribution is -0.158. The van der Waals surface area contributed by atoms with Gasteiger partial charge in [0.25, 0.3) is 5.91 Å². The standard InChI is InChI=1S/C17H26N2O6S/c1-11(16(21)18-13-6-7-26(23,24)10-13)25-17(22)12-8-15(20)19(9-12)14-4-2-3-5-14/h11-14H,2-10H2,1H3,(H,18,21)/t11-,12-,13+/m1/s1. The van der Waals surface area contributed by atoms with Crippen molar-refractivity contribution in [3.63, 3.8) is 0 Å². The third-order valence-corrected chi connectivity index (χ3v) is 7.27. The van der Waals surface area contributed by atoms with Gasteiger partial charge in [0.15, 0.2) is 15.9 Å². The van der Waals surface area contributed by atoms with Gasteiger partial charge in [0, 0.05) is 25.0 Å². The van der Waals surface area contributed by atoms with E-state index in [1.54, 1.807) is 4.90 Å². The molecule has 0 radical (unpaired) electrons. The first kappa shape index (κ1) is 19.1. The van der Waals surface area contributed by atoms with E-state index >= 15 is 0 Å². The number of hydrogen-bond donors (Lipinski definition) is 1. The van der Waals surface area contributed by atoms with Crippen LogP contribution in [-0.4, -0.2) is 67.3 Å². The van der Waals surface area contributed by atoms with Crippen LogP contribution in [0.15, 0.2) is 0 Å². The molecule has 0 aromatic heterocycles. The van der Waals surface area contributed by atoms with E-state index in [4.69, 9.17) is 4.74 Å². The van der Waals surface area contributed by atoms with Crippen molar-refractivity contribution >= 4 is 27.6 Å². The van der Waals surface area contributed by atoms with Crippen molar-refractivity contribution < 1.29 is 27.5 Å². The molecular weight excluding hydrogens is 360 g/mol. The molecule has 26 heavy (non-hydrogen) atoms. The highest BCUT2D eigenvalue weighted by molar-refractivity contribution is 7.91. The van der Waals surface area contributed by atoms with Crippen molar-refractivity contribution in [3.8, 4) is 0 Å². The van der Waals surface area contributed by atoms with Crippen LogP contribution < -0.4 is 5.32 Å². The zero-order valence-electron chi connectivity index (χ0n) is 15.0. The number of nitrogens with one attached hydrogen (secondary N) is 1. The summed E-state index contributed by atoms with van der Waals surface area (Å²) >= 11 is 0. The molecule has 0 bridgehead atoms. The number of carbonyl (C=O) groups excluding carboxylic acids is 3.